The zero-order chi connectivity index (χ0) is 20.7. The standard InChI is InChI=1S/C24H40O4/c1-4-5-9-17(2)24(3,28)13-8-11-20-21-15-18(10-6-7-12-23(26)27)14-19(21)16-22(20)25/h8,11,14,17,19-22,25,28H,4-7,9-10,12-13,15-16H2,1-3H3,(H,26,27)/b11-8+/t17?,19-,20-,21-,22+,24?/m0/s1. The second-order valence-electron chi connectivity index (χ2n) is 9.37. The fourth-order valence-corrected chi connectivity index (χ4v) is 4.91. The van der Waals surface area contributed by atoms with Gasteiger partial charge in [-0.25, -0.2) is 0 Å². The van der Waals surface area contributed by atoms with Crippen LogP contribution >= 0.6 is 0 Å². The van der Waals surface area contributed by atoms with Gasteiger partial charge in [0.2, 0.25) is 0 Å². The minimum Gasteiger partial charge on any atom is -0.481 e. The molecule has 2 aliphatic carbocycles. The summed E-state index contributed by atoms with van der Waals surface area (Å²) in [6, 6.07) is 0. The van der Waals surface area contributed by atoms with Crippen LogP contribution in [-0.2, 0) is 4.79 Å². The van der Waals surface area contributed by atoms with Crippen LogP contribution in [0.5, 0.6) is 0 Å². The highest BCUT2D eigenvalue weighted by Gasteiger charge is 2.43. The third-order valence-corrected chi connectivity index (χ3v) is 7.03. The Balaban J connectivity index is 1.83. The lowest BCUT2D eigenvalue weighted by Crippen LogP contribution is -2.32. The van der Waals surface area contributed by atoms with Crippen molar-refractivity contribution >= 4 is 5.97 Å². The molecular weight excluding hydrogens is 352 g/mol. The van der Waals surface area contributed by atoms with E-state index in [-0.39, 0.29) is 24.4 Å². The molecular formula is C24H40O4. The minimum absolute atomic E-state index is 0.166. The molecule has 2 unspecified atom stereocenters. The second-order valence-corrected chi connectivity index (χ2v) is 9.37. The van der Waals surface area contributed by atoms with Crippen LogP contribution in [0.1, 0.15) is 85.0 Å². The van der Waals surface area contributed by atoms with Crippen LogP contribution in [0, 0.1) is 23.7 Å². The molecule has 1 fully saturated rings. The van der Waals surface area contributed by atoms with E-state index in [2.05, 4.69) is 32.1 Å². The van der Waals surface area contributed by atoms with E-state index in [0.717, 1.165) is 51.4 Å². The number of unbranched alkanes of at least 4 members (excludes halogenated alkanes) is 2. The summed E-state index contributed by atoms with van der Waals surface area (Å²) in [7, 11) is 0. The Hall–Kier alpha value is -1.13. The molecule has 0 aliphatic heterocycles. The van der Waals surface area contributed by atoms with Gasteiger partial charge in [-0.1, -0.05) is 50.5 Å². The highest BCUT2D eigenvalue weighted by molar-refractivity contribution is 5.66. The molecule has 0 heterocycles. The van der Waals surface area contributed by atoms with E-state index < -0.39 is 11.6 Å². The van der Waals surface area contributed by atoms with Gasteiger partial charge < -0.3 is 15.3 Å². The number of carbonyl (C=O) groups is 1. The van der Waals surface area contributed by atoms with Crippen molar-refractivity contribution in [1.82, 2.24) is 0 Å². The average Bonchev–Trinajstić information content (AvgIpc) is 3.14. The molecule has 2 rings (SSSR count). The topological polar surface area (TPSA) is 77.8 Å². The molecule has 0 bridgehead atoms. The molecule has 0 radical (unpaired) electrons. The SMILES string of the molecule is CCCCC(C)C(C)(O)C/C=C/[C@H]1[C@H]2CC(CCCCC(=O)O)=C[C@H]2C[C@H]1O. The highest BCUT2D eigenvalue weighted by Crippen LogP contribution is 2.48. The quantitative estimate of drug-likeness (QED) is 0.319. The van der Waals surface area contributed by atoms with Gasteiger partial charge in [-0.2, -0.15) is 0 Å². The Morgan fingerprint density at radius 1 is 1.36 bits per heavy atom. The van der Waals surface area contributed by atoms with Crippen molar-refractivity contribution in [2.75, 3.05) is 0 Å². The van der Waals surface area contributed by atoms with Gasteiger partial charge in [0.1, 0.15) is 0 Å². The number of hydrogen-bond donors (Lipinski definition) is 3. The maximum Gasteiger partial charge on any atom is 0.303 e. The van der Waals surface area contributed by atoms with Gasteiger partial charge in [0.25, 0.3) is 0 Å². The van der Waals surface area contributed by atoms with Gasteiger partial charge in [-0.3, -0.25) is 4.79 Å². The van der Waals surface area contributed by atoms with Crippen molar-refractivity contribution in [1.29, 1.82) is 0 Å². The molecule has 6 atom stereocenters. The molecule has 28 heavy (non-hydrogen) atoms. The molecule has 3 N–H and O–H groups in total. The lowest BCUT2D eigenvalue weighted by Gasteiger charge is -2.29. The predicted octanol–water partition coefficient (Wildman–Crippen LogP) is 5.10. The zero-order valence-electron chi connectivity index (χ0n) is 17.9. The molecule has 0 amide bonds. The Bertz CT molecular complexity index is 563. The number of aliphatic carboxylic acids is 1. The normalized spacial score (nSPS) is 30.2. The highest BCUT2D eigenvalue weighted by atomic mass is 16.4. The number of carboxylic acid groups (broad SMARTS) is 1. The van der Waals surface area contributed by atoms with Crippen LogP contribution in [0.4, 0.5) is 0 Å². The summed E-state index contributed by atoms with van der Waals surface area (Å²) in [5.74, 6) is 0.625. The van der Waals surface area contributed by atoms with Gasteiger partial charge in [-0.05, 0) is 69.6 Å². The summed E-state index contributed by atoms with van der Waals surface area (Å²) in [4.78, 5) is 10.6. The number of rotatable bonds is 12. The van der Waals surface area contributed by atoms with Crippen molar-refractivity contribution in [3.05, 3.63) is 23.8 Å². The Morgan fingerprint density at radius 3 is 2.79 bits per heavy atom. The first-order chi connectivity index (χ1) is 13.2. The number of allylic oxidation sites excluding steroid dienone is 2. The van der Waals surface area contributed by atoms with Gasteiger partial charge in [0.05, 0.1) is 11.7 Å². The van der Waals surface area contributed by atoms with E-state index in [1.54, 1.807) is 0 Å². The molecule has 0 saturated heterocycles. The smallest absolute Gasteiger partial charge is 0.303 e. The minimum atomic E-state index is -0.717. The maximum absolute atomic E-state index is 10.8. The summed E-state index contributed by atoms with van der Waals surface area (Å²) in [5.41, 5.74) is 0.739. The van der Waals surface area contributed by atoms with Crippen LogP contribution in [0.15, 0.2) is 23.8 Å². The molecule has 0 aromatic heterocycles. The predicted molar refractivity (Wildman–Crippen MR) is 113 cm³/mol. The molecule has 160 valence electrons. The molecule has 1 saturated carbocycles. The summed E-state index contributed by atoms with van der Waals surface area (Å²) in [5, 5.41) is 30.0. The first-order valence-corrected chi connectivity index (χ1v) is 11.2. The number of carboxylic acids is 1. The van der Waals surface area contributed by atoms with Crippen LogP contribution in [-0.4, -0.2) is 33.0 Å². The van der Waals surface area contributed by atoms with Crippen LogP contribution in [0.25, 0.3) is 0 Å². The Morgan fingerprint density at radius 2 is 2.11 bits per heavy atom. The maximum atomic E-state index is 10.8. The van der Waals surface area contributed by atoms with Gasteiger partial charge in [0.15, 0.2) is 0 Å². The lowest BCUT2D eigenvalue weighted by molar-refractivity contribution is -0.137. The average molecular weight is 393 g/mol. The Kier molecular flexibility index (Phi) is 8.76. The van der Waals surface area contributed by atoms with Crippen LogP contribution in [0.3, 0.4) is 0 Å². The van der Waals surface area contributed by atoms with E-state index >= 15 is 0 Å². The summed E-state index contributed by atoms with van der Waals surface area (Å²) in [6.07, 6.45) is 15.0. The van der Waals surface area contributed by atoms with Crippen molar-refractivity contribution in [3.63, 3.8) is 0 Å². The van der Waals surface area contributed by atoms with Crippen molar-refractivity contribution in [2.45, 2.75) is 96.7 Å². The number of hydrogen-bond acceptors (Lipinski definition) is 3. The lowest BCUT2D eigenvalue weighted by atomic mass is 9.83. The molecule has 0 aromatic rings. The zero-order valence-corrected chi connectivity index (χ0v) is 17.9. The molecule has 0 aromatic carbocycles. The Labute approximate surface area is 170 Å². The second kappa shape index (κ2) is 10.6. The van der Waals surface area contributed by atoms with Crippen molar-refractivity contribution in [3.8, 4) is 0 Å². The fourth-order valence-electron chi connectivity index (χ4n) is 4.91. The van der Waals surface area contributed by atoms with Crippen LogP contribution in [0.2, 0.25) is 0 Å². The molecule has 4 heteroatoms. The molecule has 0 spiro atoms. The van der Waals surface area contributed by atoms with Crippen LogP contribution < -0.4 is 0 Å². The van der Waals surface area contributed by atoms with Gasteiger partial charge in [0, 0.05) is 12.3 Å². The monoisotopic (exact) mass is 392 g/mol. The third-order valence-electron chi connectivity index (χ3n) is 7.03. The molecule has 2 aliphatic rings. The van der Waals surface area contributed by atoms with E-state index in [1.165, 1.54) is 5.57 Å². The summed E-state index contributed by atoms with van der Waals surface area (Å²) in [6.45, 7) is 6.23. The van der Waals surface area contributed by atoms with E-state index in [4.69, 9.17) is 5.11 Å². The van der Waals surface area contributed by atoms with E-state index in [0.29, 0.717) is 18.3 Å². The van der Waals surface area contributed by atoms with E-state index in [1.807, 2.05) is 6.92 Å². The summed E-state index contributed by atoms with van der Waals surface area (Å²) < 4.78 is 0. The molecule has 4 nitrogen and oxygen atoms in total. The number of aliphatic hydroxyl groups is 2. The largest absolute Gasteiger partial charge is 0.481 e. The van der Waals surface area contributed by atoms with Crippen molar-refractivity contribution in [2.24, 2.45) is 23.7 Å². The first kappa shape index (κ1) is 23.2. The van der Waals surface area contributed by atoms with Crippen molar-refractivity contribution < 1.29 is 20.1 Å². The van der Waals surface area contributed by atoms with E-state index in [9.17, 15) is 15.0 Å². The number of aliphatic hydroxyl groups excluding tert-OH is 1. The van der Waals surface area contributed by atoms with Gasteiger partial charge >= 0.3 is 5.97 Å². The number of fused-ring (bicyclic) bond motifs is 1. The van der Waals surface area contributed by atoms with Gasteiger partial charge in [-0.15, -0.1) is 0 Å². The third kappa shape index (κ3) is 6.45. The fraction of sp³-hybridized carbons (Fsp3) is 0.792. The summed E-state index contributed by atoms with van der Waals surface area (Å²) >= 11 is 0. The first-order valence-electron chi connectivity index (χ1n) is 11.2.